The molecule has 0 radical (unpaired) electrons. The number of nitrogen functional groups attached to an aromatic ring is 1. The quantitative estimate of drug-likeness (QED) is 0.626. The lowest BCUT2D eigenvalue weighted by molar-refractivity contribution is 0.901. The minimum absolute atomic E-state index is 0.661. The number of benzene rings is 1. The van der Waals surface area contributed by atoms with Gasteiger partial charge in [-0.1, -0.05) is 27.5 Å². The largest absolute Gasteiger partial charge is 0.323 e. The van der Waals surface area contributed by atoms with Crippen LogP contribution in [-0.4, -0.2) is 4.98 Å². The molecule has 3 N–H and O–H groups in total. The Kier molecular flexibility index (Phi) is 2.73. The third kappa shape index (κ3) is 1.63. The topological polar surface area (TPSA) is 50.9 Å². The molecule has 2 aromatic rings. The molecule has 1 aromatic carbocycles. The lowest BCUT2D eigenvalue weighted by Gasteiger charge is -2.13. The summed E-state index contributed by atoms with van der Waals surface area (Å²) < 4.78 is 0.965. The highest BCUT2D eigenvalue weighted by Crippen LogP contribution is 2.39. The molecule has 0 saturated heterocycles. The Labute approximate surface area is 112 Å². The third-order valence-corrected chi connectivity index (χ3v) is 4.18. The van der Waals surface area contributed by atoms with Crippen LogP contribution in [0, 0.1) is 0 Å². The Morgan fingerprint density at radius 3 is 2.94 bits per heavy atom. The lowest BCUT2D eigenvalue weighted by atomic mass is 10.1. The Hall–Kier alpha value is -0.840. The van der Waals surface area contributed by atoms with E-state index in [0.717, 1.165) is 46.0 Å². The van der Waals surface area contributed by atoms with Gasteiger partial charge in [0.2, 0.25) is 0 Å². The average Bonchev–Trinajstić information content (AvgIpc) is 2.79. The van der Waals surface area contributed by atoms with Crippen LogP contribution in [0.3, 0.4) is 0 Å². The molecule has 1 heterocycles. The van der Waals surface area contributed by atoms with Crippen molar-refractivity contribution in [1.82, 2.24) is 4.98 Å². The second-order valence-electron chi connectivity index (χ2n) is 4.16. The van der Waals surface area contributed by atoms with E-state index in [1.165, 1.54) is 5.56 Å². The van der Waals surface area contributed by atoms with Crippen molar-refractivity contribution in [3.63, 3.8) is 0 Å². The maximum atomic E-state index is 6.21. The summed E-state index contributed by atoms with van der Waals surface area (Å²) in [4.78, 5) is 4.67. The van der Waals surface area contributed by atoms with Crippen molar-refractivity contribution in [3.05, 3.63) is 32.9 Å². The van der Waals surface area contributed by atoms with Gasteiger partial charge in [-0.2, -0.15) is 0 Å². The lowest BCUT2D eigenvalue weighted by Crippen LogP contribution is -2.11. The zero-order chi connectivity index (χ0) is 12.0. The molecule has 5 heteroatoms. The summed E-state index contributed by atoms with van der Waals surface area (Å²) in [6, 6.07) is 3.77. The number of hydrazine groups is 1. The molecule has 0 bridgehead atoms. The van der Waals surface area contributed by atoms with Gasteiger partial charge in [-0.25, -0.2) is 0 Å². The molecule has 0 spiro atoms. The molecule has 1 aliphatic rings. The Bertz CT molecular complexity index is 612. The zero-order valence-corrected chi connectivity index (χ0v) is 11.4. The van der Waals surface area contributed by atoms with E-state index >= 15 is 0 Å². The van der Waals surface area contributed by atoms with Crippen LogP contribution in [0.15, 0.2) is 16.6 Å². The first-order chi connectivity index (χ1) is 8.22. The third-order valence-electron chi connectivity index (χ3n) is 3.21. The summed E-state index contributed by atoms with van der Waals surface area (Å²) in [6.45, 7) is 0. The van der Waals surface area contributed by atoms with E-state index in [4.69, 9.17) is 17.4 Å². The van der Waals surface area contributed by atoms with Crippen molar-refractivity contribution in [1.29, 1.82) is 0 Å². The number of nitrogens with two attached hydrogens (primary N) is 1. The first-order valence-corrected chi connectivity index (χ1v) is 6.65. The summed E-state index contributed by atoms with van der Waals surface area (Å²) >= 11 is 9.74. The zero-order valence-electron chi connectivity index (χ0n) is 9.06. The van der Waals surface area contributed by atoms with Gasteiger partial charge in [0.25, 0.3) is 0 Å². The Morgan fingerprint density at radius 2 is 2.18 bits per heavy atom. The number of aromatic nitrogens is 1. The van der Waals surface area contributed by atoms with Crippen LogP contribution in [0.25, 0.3) is 10.9 Å². The predicted octanol–water partition coefficient (Wildman–Crippen LogP) is 3.43. The highest BCUT2D eigenvalue weighted by Gasteiger charge is 2.21. The van der Waals surface area contributed by atoms with Gasteiger partial charge in [-0.15, -0.1) is 0 Å². The highest BCUT2D eigenvalue weighted by molar-refractivity contribution is 9.10. The maximum Gasteiger partial charge on any atom is 0.0924 e. The van der Waals surface area contributed by atoms with E-state index in [2.05, 4.69) is 26.3 Å². The smallest absolute Gasteiger partial charge is 0.0924 e. The number of nitrogens with zero attached hydrogens (tertiary/aromatic N) is 1. The number of aryl methyl sites for hydroxylation is 1. The number of halogens is 2. The SMILES string of the molecule is NNc1c2c(nc3c(Cl)ccc(Br)c13)CCC2. The van der Waals surface area contributed by atoms with Gasteiger partial charge in [-0.3, -0.25) is 10.8 Å². The molecule has 0 aliphatic heterocycles. The molecule has 1 aromatic heterocycles. The molecule has 88 valence electrons. The number of rotatable bonds is 1. The van der Waals surface area contributed by atoms with Crippen LogP contribution in [-0.2, 0) is 12.8 Å². The molecule has 3 nitrogen and oxygen atoms in total. The maximum absolute atomic E-state index is 6.21. The summed E-state index contributed by atoms with van der Waals surface area (Å²) in [5.41, 5.74) is 6.92. The normalized spacial score (nSPS) is 14.1. The van der Waals surface area contributed by atoms with Crippen LogP contribution in [0.1, 0.15) is 17.7 Å². The Morgan fingerprint density at radius 1 is 1.35 bits per heavy atom. The fourth-order valence-electron chi connectivity index (χ4n) is 2.45. The molecule has 0 saturated carbocycles. The van der Waals surface area contributed by atoms with Crippen molar-refractivity contribution < 1.29 is 0 Å². The number of hydrogen-bond donors (Lipinski definition) is 2. The van der Waals surface area contributed by atoms with E-state index in [-0.39, 0.29) is 0 Å². The highest BCUT2D eigenvalue weighted by atomic mass is 79.9. The number of fused-ring (bicyclic) bond motifs is 2. The van der Waals surface area contributed by atoms with Crippen molar-refractivity contribution in [2.45, 2.75) is 19.3 Å². The molecule has 0 amide bonds. The van der Waals surface area contributed by atoms with E-state index in [1.54, 1.807) is 0 Å². The molecule has 17 heavy (non-hydrogen) atoms. The van der Waals surface area contributed by atoms with Gasteiger partial charge >= 0.3 is 0 Å². The van der Waals surface area contributed by atoms with Crippen LogP contribution in [0.4, 0.5) is 5.69 Å². The minimum Gasteiger partial charge on any atom is -0.323 e. The number of nitrogens with one attached hydrogen (secondary N) is 1. The summed E-state index contributed by atoms with van der Waals surface area (Å²) in [7, 11) is 0. The van der Waals surface area contributed by atoms with Crippen LogP contribution in [0.2, 0.25) is 5.02 Å². The minimum atomic E-state index is 0.661. The molecule has 0 fully saturated rings. The summed E-state index contributed by atoms with van der Waals surface area (Å²) in [5, 5.41) is 1.63. The van der Waals surface area contributed by atoms with Crippen LogP contribution >= 0.6 is 27.5 Å². The van der Waals surface area contributed by atoms with Gasteiger partial charge in [0.1, 0.15) is 0 Å². The van der Waals surface area contributed by atoms with E-state index < -0.39 is 0 Å². The molecule has 1 aliphatic carbocycles. The van der Waals surface area contributed by atoms with Crippen molar-refractivity contribution in [2.75, 3.05) is 5.43 Å². The van der Waals surface area contributed by atoms with Crippen LogP contribution < -0.4 is 11.3 Å². The van der Waals surface area contributed by atoms with Crippen LogP contribution in [0.5, 0.6) is 0 Å². The van der Waals surface area contributed by atoms with E-state index in [1.807, 2.05) is 12.1 Å². The van der Waals surface area contributed by atoms with Gasteiger partial charge in [0.15, 0.2) is 0 Å². The summed E-state index contributed by atoms with van der Waals surface area (Å²) in [6.07, 6.45) is 3.15. The molecular weight excluding hydrogens is 302 g/mol. The van der Waals surface area contributed by atoms with E-state index in [9.17, 15) is 0 Å². The standard InChI is InChI=1S/C12H11BrClN3/c13-7-4-5-8(14)12-10(7)11(17-15)6-2-1-3-9(6)16-12/h4-5H,1-3,15H2,(H,16,17). The predicted molar refractivity (Wildman–Crippen MR) is 74.3 cm³/mol. The first kappa shape index (κ1) is 11.3. The van der Waals surface area contributed by atoms with Gasteiger partial charge in [0.05, 0.1) is 16.2 Å². The monoisotopic (exact) mass is 311 g/mol. The number of anilines is 1. The fraction of sp³-hybridized carbons (Fsp3) is 0.250. The second-order valence-corrected chi connectivity index (χ2v) is 5.42. The van der Waals surface area contributed by atoms with Crippen molar-refractivity contribution >= 4 is 44.1 Å². The van der Waals surface area contributed by atoms with Gasteiger partial charge in [-0.05, 0) is 37.0 Å². The summed E-state index contributed by atoms with van der Waals surface area (Å²) in [5.74, 6) is 5.67. The number of pyridine rings is 1. The van der Waals surface area contributed by atoms with Gasteiger partial charge in [0, 0.05) is 15.6 Å². The first-order valence-electron chi connectivity index (χ1n) is 5.48. The second kappa shape index (κ2) is 4.12. The van der Waals surface area contributed by atoms with Crippen molar-refractivity contribution in [2.24, 2.45) is 5.84 Å². The molecule has 0 unspecified atom stereocenters. The van der Waals surface area contributed by atoms with Crippen molar-refractivity contribution in [3.8, 4) is 0 Å². The van der Waals surface area contributed by atoms with E-state index in [0.29, 0.717) is 5.02 Å². The fourth-order valence-corrected chi connectivity index (χ4v) is 3.17. The molecule has 3 rings (SSSR count). The molecule has 0 atom stereocenters. The average molecular weight is 313 g/mol. The number of hydrogen-bond acceptors (Lipinski definition) is 3. The molecular formula is C12H11BrClN3. The Balaban J connectivity index is 2.49. The van der Waals surface area contributed by atoms with Gasteiger partial charge < -0.3 is 5.43 Å².